The van der Waals surface area contributed by atoms with Crippen molar-refractivity contribution < 1.29 is 14.4 Å². The van der Waals surface area contributed by atoms with E-state index < -0.39 is 0 Å². The number of imide groups is 1. The van der Waals surface area contributed by atoms with E-state index in [0.29, 0.717) is 41.8 Å². The van der Waals surface area contributed by atoms with Gasteiger partial charge in [-0.3, -0.25) is 19.3 Å². The molecule has 0 spiro atoms. The number of halogens is 3. The molecule has 0 saturated carbocycles. The van der Waals surface area contributed by atoms with E-state index in [9.17, 15) is 14.4 Å². The molecule has 0 bridgehead atoms. The predicted molar refractivity (Wildman–Crippen MR) is 140 cm³/mol. The van der Waals surface area contributed by atoms with Gasteiger partial charge in [-0.1, -0.05) is 12.1 Å². The van der Waals surface area contributed by atoms with Crippen LogP contribution in [0.1, 0.15) is 20.7 Å². The highest BCUT2D eigenvalue weighted by Crippen LogP contribution is 2.32. The number of nitrogens with one attached hydrogen (secondary N) is 2. The lowest BCUT2D eigenvalue weighted by atomic mass is 9.93. The molecule has 0 aliphatic carbocycles. The summed E-state index contributed by atoms with van der Waals surface area (Å²) in [7, 11) is 7.74. The van der Waals surface area contributed by atoms with Crippen LogP contribution in [0.3, 0.4) is 0 Å². The lowest BCUT2D eigenvalue weighted by molar-refractivity contribution is -0.115. The van der Waals surface area contributed by atoms with E-state index in [1.165, 1.54) is 4.90 Å². The summed E-state index contributed by atoms with van der Waals surface area (Å²) in [4.78, 5) is 43.5. The smallest absolute Gasteiger partial charge is 0.261 e. The topological polar surface area (TPSA) is 85.0 Å². The van der Waals surface area contributed by atoms with Crippen LogP contribution in [0.5, 0.6) is 0 Å². The Balaban J connectivity index is 0.00000341. The molecule has 11 heteroatoms. The second-order valence-electron chi connectivity index (χ2n) is 8.02. The van der Waals surface area contributed by atoms with E-state index >= 15 is 0 Å². The van der Waals surface area contributed by atoms with Crippen LogP contribution in [0.2, 0.25) is 0 Å². The Kier molecular flexibility index (Phi) is 12.9. The summed E-state index contributed by atoms with van der Waals surface area (Å²) >= 11 is 0. The van der Waals surface area contributed by atoms with Gasteiger partial charge in [0.1, 0.15) is 0 Å². The summed E-state index contributed by atoms with van der Waals surface area (Å²) in [5, 5.41) is 7.36. The first-order valence-electron chi connectivity index (χ1n) is 10.0. The SMILES string of the molecule is CN(C)CCNCC(=O)Nc1cc2c3c(cccc3c1)C(=O)N(CCN(C)C)C2=O.Cl.Cl.Cl. The molecule has 2 aromatic rings. The Bertz CT molecular complexity index is 985. The number of hydrogen-bond acceptors (Lipinski definition) is 6. The minimum absolute atomic E-state index is 0. The normalized spacial score (nSPS) is 12.4. The molecule has 3 amide bonds. The molecule has 0 aromatic heterocycles. The van der Waals surface area contributed by atoms with Gasteiger partial charge in [0, 0.05) is 42.8 Å². The Morgan fingerprint density at radius 2 is 1.55 bits per heavy atom. The zero-order valence-electron chi connectivity index (χ0n) is 19.2. The maximum atomic E-state index is 13.1. The second-order valence-corrected chi connectivity index (χ2v) is 8.02. The van der Waals surface area contributed by atoms with Crippen molar-refractivity contribution in [1.29, 1.82) is 0 Å². The van der Waals surface area contributed by atoms with Crippen LogP contribution in [0, 0.1) is 0 Å². The molecule has 0 atom stereocenters. The summed E-state index contributed by atoms with van der Waals surface area (Å²) < 4.78 is 0. The zero-order valence-corrected chi connectivity index (χ0v) is 21.7. The molecule has 2 N–H and O–H groups in total. The fourth-order valence-electron chi connectivity index (χ4n) is 3.44. The van der Waals surface area contributed by atoms with Crippen molar-refractivity contribution in [1.82, 2.24) is 20.0 Å². The number of rotatable bonds is 9. The van der Waals surface area contributed by atoms with E-state index in [0.717, 1.165) is 11.9 Å². The van der Waals surface area contributed by atoms with Crippen molar-refractivity contribution in [2.24, 2.45) is 0 Å². The maximum Gasteiger partial charge on any atom is 0.261 e. The molecule has 0 unspecified atom stereocenters. The lowest BCUT2D eigenvalue weighted by Gasteiger charge is -2.28. The number of carbonyl (C=O) groups excluding carboxylic acids is 3. The third kappa shape index (κ3) is 7.53. The molecule has 184 valence electrons. The van der Waals surface area contributed by atoms with E-state index in [4.69, 9.17) is 0 Å². The van der Waals surface area contributed by atoms with Crippen molar-refractivity contribution in [3.63, 3.8) is 0 Å². The number of amides is 3. The van der Waals surface area contributed by atoms with Crippen molar-refractivity contribution in [2.75, 3.05) is 66.2 Å². The summed E-state index contributed by atoms with van der Waals surface area (Å²) in [6.45, 7) is 2.61. The molecular weight excluding hydrogens is 489 g/mol. The van der Waals surface area contributed by atoms with Crippen LogP contribution in [-0.2, 0) is 4.79 Å². The van der Waals surface area contributed by atoms with Gasteiger partial charge in [-0.05, 0) is 51.8 Å². The lowest BCUT2D eigenvalue weighted by Crippen LogP contribution is -2.43. The predicted octanol–water partition coefficient (Wildman–Crippen LogP) is 2.35. The van der Waals surface area contributed by atoms with Crippen molar-refractivity contribution in [3.8, 4) is 0 Å². The van der Waals surface area contributed by atoms with E-state index in [1.54, 1.807) is 24.3 Å². The number of hydrogen-bond donors (Lipinski definition) is 2. The van der Waals surface area contributed by atoms with Crippen LogP contribution < -0.4 is 10.6 Å². The minimum atomic E-state index is -0.328. The van der Waals surface area contributed by atoms with Crippen molar-refractivity contribution >= 4 is 71.4 Å². The van der Waals surface area contributed by atoms with Crippen molar-refractivity contribution in [2.45, 2.75) is 0 Å². The molecule has 33 heavy (non-hydrogen) atoms. The second kappa shape index (κ2) is 13.7. The minimum Gasteiger partial charge on any atom is -0.325 e. The zero-order chi connectivity index (χ0) is 21.8. The number of nitrogens with zero attached hydrogens (tertiary/aromatic N) is 3. The number of carbonyl (C=O) groups is 3. The van der Waals surface area contributed by atoms with Gasteiger partial charge in [0.15, 0.2) is 0 Å². The first kappa shape index (κ1) is 31.1. The molecule has 1 aliphatic rings. The van der Waals surface area contributed by atoms with E-state index in [2.05, 4.69) is 10.6 Å². The standard InChI is InChI=1S/C22H29N5O3.3ClH/c1-25(2)9-8-23-14-19(28)24-16-12-15-6-5-7-17-20(15)18(13-16)22(30)27(21(17)29)11-10-26(3)4;;;/h5-7,12-13,23H,8-11,14H2,1-4H3,(H,24,28);3*1H. The van der Waals surface area contributed by atoms with Gasteiger partial charge in [-0.2, -0.15) is 0 Å². The van der Waals surface area contributed by atoms with E-state index in [1.807, 2.05) is 44.1 Å². The summed E-state index contributed by atoms with van der Waals surface area (Å²) in [6.07, 6.45) is 0. The molecule has 0 fully saturated rings. The summed E-state index contributed by atoms with van der Waals surface area (Å²) in [5.74, 6) is -0.784. The van der Waals surface area contributed by atoms with Crippen LogP contribution in [0.4, 0.5) is 5.69 Å². The van der Waals surface area contributed by atoms with Gasteiger partial charge in [0.25, 0.3) is 11.8 Å². The fraction of sp³-hybridized carbons (Fsp3) is 0.409. The van der Waals surface area contributed by atoms with Crippen molar-refractivity contribution in [3.05, 3.63) is 41.5 Å². The molecular formula is C22H32Cl3N5O3. The molecule has 0 radical (unpaired) electrons. The van der Waals surface area contributed by atoms with Crippen LogP contribution in [0.25, 0.3) is 10.8 Å². The average Bonchev–Trinajstić information content (AvgIpc) is 2.68. The summed E-state index contributed by atoms with van der Waals surface area (Å²) in [6, 6.07) is 8.87. The first-order chi connectivity index (χ1) is 14.3. The molecule has 0 saturated heterocycles. The van der Waals surface area contributed by atoms with E-state index in [-0.39, 0.29) is 61.5 Å². The molecule has 8 nitrogen and oxygen atoms in total. The first-order valence-corrected chi connectivity index (χ1v) is 10.0. The third-order valence-electron chi connectivity index (χ3n) is 5.00. The van der Waals surface area contributed by atoms with Gasteiger partial charge < -0.3 is 20.4 Å². The van der Waals surface area contributed by atoms with Gasteiger partial charge in [-0.15, -0.1) is 37.2 Å². The maximum absolute atomic E-state index is 13.1. The fourth-order valence-corrected chi connectivity index (χ4v) is 3.44. The highest BCUT2D eigenvalue weighted by molar-refractivity contribution is 6.26. The van der Waals surface area contributed by atoms with Gasteiger partial charge in [-0.25, -0.2) is 0 Å². The molecule has 2 aromatic carbocycles. The van der Waals surface area contributed by atoms with Crippen LogP contribution in [-0.4, -0.2) is 93.3 Å². The van der Waals surface area contributed by atoms with Gasteiger partial charge >= 0.3 is 0 Å². The average molecular weight is 521 g/mol. The highest BCUT2D eigenvalue weighted by atomic mass is 35.5. The van der Waals surface area contributed by atoms with Crippen LogP contribution >= 0.6 is 37.2 Å². The highest BCUT2D eigenvalue weighted by Gasteiger charge is 2.33. The van der Waals surface area contributed by atoms with Gasteiger partial charge in [0.05, 0.1) is 12.1 Å². The van der Waals surface area contributed by atoms with Gasteiger partial charge in [0.2, 0.25) is 5.91 Å². The Morgan fingerprint density at radius 1 is 0.909 bits per heavy atom. The molecule has 3 rings (SSSR count). The third-order valence-corrected chi connectivity index (χ3v) is 5.00. The number of anilines is 1. The Hall–Kier alpha value is -1.94. The Morgan fingerprint density at radius 3 is 2.18 bits per heavy atom. The van der Waals surface area contributed by atoms with Crippen LogP contribution in [0.15, 0.2) is 30.3 Å². The number of likely N-dealkylation sites (N-methyl/N-ethyl adjacent to an activating group) is 2. The Labute approximate surface area is 213 Å². The monoisotopic (exact) mass is 519 g/mol. The summed E-state index contributed by atoms with van der Waals surface area (Å²) in [5.41, 5.74) is 1.51. The quantitative estimate of drug-likeness (QED) is 0.390. The molecule has 1 aliphatic heterocycles. The molecule has 1 heterocycles. The largest absolute Gasteiger partial charge is 0.325 e. The number of benzene rings is 2.